The lowest BCUT2D eigenvalue weighted by molar-refractivity contribution is 0.416. The van der Waals surface area contributed by atoms with Crippen molar-refractivity contribution in [2.24, 2.45) is 11.7 Å². The van der Waals surface area contributed by atoms with Gasteiger partial charge in [0, 0.05) is 6.04 Å². The highest BCUT2D eigenvalue weighted by molar-refractivity contribution is 5.30. The van der Waals surface area contributed by atoms with Crippen LogP contribution in [0.3, 0.4) is 0 Å². The van der Waals surface area contributed by atoms with E-state index in [1.807, 2.05) is 0 Å². The van der Waals surface area contributed by atoms with Gasteiger partial charge in [-0.3, -0.25) is 0 Å². The molecule has 2 N–H and O–H groups in total. The molecular formula is C15H21N. The van der Waals surface area contributed by atoms with Crippen LogP contribution in [0.25, 0.3) is 0 Å². The van der Waals surface area contributed by atoms with E-state index >= 15 is 0 Å². The zero-order chi connectivity index (χ0) is 11.5. The van der Waals surface area contributed by atoms with Crippen molar-refractivity contribution < 1.29 is 0 Å². The number of hydrogen-bond acceptors (Lipinski definition) is 1. The number of benzene rings is 1. The van der Waals surface area contributed by atoms with Crippen LogP contribution in [0.4, 0.5) is 0 Å². The van der Waals surface area contributed by atoms with Gasteiger partial charge >= 0.3 is 0 Å². The van der Waals surface area contributed by atoms with E-state index in [2.05, 4.69) is 44.2 Å². The van der Waals surface area contributed by atoms with E-state index in [0.717, 1.165) is 6.42 Å². The van der Waals surface area contributed by atoms with Crippen LogP contribution in [0.2, 0.25) is 0 Å². The Morgan fingerprint density at radius 1 is 1.31 bits per heavy atom. The summed E-state index contributed by atoms with van der Waals surface area (Å²) in [5.41, 5.74) is 10.6. The van der Waals surface area contributed by atoms with Crippen molar-refractivity contribution >= 4 is 0 Å². The maximum Gasteiger partial charge on any atom is 0.0258 e. The summed E-state index contributed by atoms with van der Waals surface area (Å²) in [7, 11) is 0. The molecule has 0 amide bonds. The monoisotopic (exact) mass is 215 g/mol. The van der Waals surface area contributed by atoms with Gasteiger partial charge in [0.25, 0.3) is 0 Å². The summed E-state index contributed by atoms with van der Waals surface area (Å²) in [5, 5.41) is 0. The first kappa shape index (κ1) is 11.4. The molecule has 0 saturated carbocycles. The number of allylic oxidation sites excluding steroid dienone is 1. The Hall–Kier alpha value is -1.08. The zero-order valence-electron chi connectivity index (χ0n) is 10.2. The minimum Gasteiger partial charge on any atom is -0.324 e. The molecule has 1 heteroatoms. The maximum absolute atomic E-state index is 6.23. The average molecular weight is 215 g/mol. The van der Waals surface area contributed by atoms with Crippen molar-refractivity contribution in [3.8, 4) is 0 Å². The predicted octanol–water partition coefficient (Wildman–Crippen LogP) is 3.09. The van der Waals surface area contributed by atoms with E-state index in [1.54, 1.807) is 0 Å². The summed E-state index contributed by atoms with van der Waals surface area (Å²) >= 11 is 0. The van der Waals surface area contributed by atoms with Gasteiger partial charge in [-0.1, -0.05) is 35.9 Å². The number of rotatable bonds is 2. The molecule has 0 aliphatic heterocycles. The molecule has 1 aliphatic carbocycles. The summed E-state index contributed by atoms with van der Waals surface area (Å²) in [5.74, 6) is 0.616. The molecule has 0 bridgehead atoms. The molecule has 1 aromatic carbocycles. The molecular weight excluding hydrogens is 194 g/mol. The summed E-state index contributed by atoms with van der Waals surface area (Å²) in [6.45, 7) is 4.24. The molecule has 2 atom stereocenters. The topological polar surface area (TPSA) is 26.0 Å². The smallest absolute Gasteiger partial charge is 0.0258 e. The third-order valence-electron chi connectivity index (χ3n) is 3.46. The van der Waals surface area contributed by atoms with Gasteiger partial charge in [-0.05, 0) is 50.2 Å². The van der Waals surface area contributed by atoms with Gasteiger partial charge in [-0.15, -0.1) is 0 Å². The lowest BCUT2D eigenvalue weighted by Gasteiger charge is -2.28. The zero-order valence-corrected chi connectivity index (χ0v) is 10.2. The molecule has 0 spiro atoms. The third-order valence-corrected chi connectivity index (χ3v) is 3.46. The van der Waals surface area contributed by atoms with Gasteiger partial charge < -0.3 is 5.73 Å². The predicted molar refractivity (Wildman–Crippen MR) is 69.4 cm³/mol. The van der Waals surface area contributed by atoms with Crippen molar-refractivity contribution in [3.05, 3.63) is 47.0 Å². The molecule has 0 radical (unpaired) electrons. The van der Waals surface area contributed by atoms with E-state index < -0.39 is 0 Å². The van der Waals surface area contributed by atoms with Crippen molar-refractivity contribution in [2.45, 2.75) is 39.2 Å². The fourth-order valence-electron chi connectivity index (χ4n) is 2.58. The molecule has 1 aromatic rings. The van der Waals surface area contributed by atoms with Crippen LogP contribution in [0.1, 0.15) is 31.4 Å². The lowest BCUT2D eigenvalue weighted by Crippen LogP contribution is -2.32. The molecule has 0 heterocycles. The van der Waals surface area contributed by atoms with Crippen molar-refractivity contribution in [1.82, 2.24) is 0 Å². The Morgan fingerprint density at radius 3 is 2.69 bits per heavy atom. The quantitative estimate of drug-likeness (QED) is 0.754. The SMILES string of the molecule is CC(C)=CC(N)C1CCc2ccccc2C1. The van der Waals surface area contributed by atoms with E-state index in [4.69, 9.17) is 5.73 Å². The first-order valence-electron chi connectivity index (χ1n) is 6.14. The summed E-state index contributed by atoms with van der Waals surface area (Å²) in [6.07, 6.45) is 5.76. The minimum absolute atomic E-state index is 0.221. The highest BCUT2D eigenvalue weighted by Gasteiger charge is 2.22. The molecule has 2 unspecified atom stereocenters. The van der Waals surface area contributed by atoms with Crippen LogP contribution in [0, 0.1) is 5.92 Å². The molecule has 0 aromatic heterocycles. The van der Waals surface area contributed by atoms with Crippen LogP contribution in [-0.4, -0.2) is 6.04 Å². The summed E-state index contributed by atoms with van der Waals surface area (Å²) < 4.78 is 0. The highest BCUT2D eigenvalue weighted by atomic mass is 14.6. The second-order valence-electron chi connectivity index (χ2n) is 5.09. The van der Waals surface area contributed by atoms with E-state index in [9.17, 15) is 0 Å². The fourth-order valence-corrected chi connectivity index (χ4v) is 2.58. The van der Waals surface area contributed by atoms with Gasteiger partial charge in [-0.2, -0.15) is 0 Å². The van der Waals surface area contributed by atoms with E-state index in [0.29, 0.717) is 5.92 Å². The van der Waals surface area contributed by atoms with E-state index in [-0.39, 0.29) is 6.04 Å². The highest BCUT2D eigenvalue weighted by Crippen LogP contribution is 2.27. The Balaban J connectivity index is 2.11. The van der Waals surface area contributed by atoms with Crippen LogP contribution in [0.5, 0.6) is 0 Å². The molecule has 0 fully saturated rings. The standard InChI is InChI=1S/C15H21N/c1-11(2)9-15(16)14-8-7-12-5-3-4-6-13(12)10-14/h3-6,9,14-15H,7-8,10,16H2,1-2H3. The number of hydrogen-bond donors (Lipinski definition) is 1. The Bertz CT molecular complexity index is 388. The van der Waals surface area contributed by atoms with E-state index in [1.165, 1.54) is 29.5 Å². The lowest BCUT2D eigenvalue weighted by atomic mass is 9.80. The second-order valence-corrected chi connectivity index (χ2v) is 5.09. The third kappa shape index (κ3) is 2.53. The number of nitrogens with two attached hydrogens (primary N) is 1. The first-order valence-corrected chi connectivity index (χ1v) is 6.14. The molecule has 16 heavy (non-hydrogen) atoms. The Labute approximate surface area is 98.4 Å². The minimum atomic E-state index is 0.221. The largest absolute Gasteiger partial charge is 0.324 e. The van der Waals surface area contributed by atoms with Gasteiger partial charge in [0.2, 0.25) is 0 Å². The van der Waals surface area contributed by atoms with Gasteiger partial charge in [-0.25, -0.2) is 0 Å². The molecule has 0 saturated heterocycles. The molecule has 86 valence electrons. The molecule has 2 rings (SSSR count). The fraction of sp³-hybridized carbons (Fsp3) is 0.467. The Kier molecular flexibility index (Phi) is 3.45. The van der Waals surface area contributed by atoms with Crippen molar-refractivity contribution in [2.75, 3.05) is 0 Å². The van der Waals surface area contributed by atoms with Crippen LogP contribution in [-0.2, 0) is 12.8 Å². The van der Waals surface area contributed by atoms with Crippen LogP contribution < -0.4 is 5.73 Å². The average Bonchev–Trinajstić information content (AvgIpc) is 2.27. The van der Waals surface area contributed by atoms with Crippen LogP contribution >= 0.6 is 0 Å². The van der Waals surface area contributed by atoms with Crippen molar-refractivity contribution in [1.29, 1.82) is 0 Å². The van der Waals surface area contributed by atoms with Gasteiger partial charge in [0.05, 0.1) is 0 Å². The van der Waals surface area contributed by atoms with Gasteiger partial charge in [0.15, 0.2) is 0 Å². The number of fused-ring (bicyclic) bond motifs is 1. The summed E-state index contributed by atoms with van der Waals surface area (Å²) in [6, 6.07) is 8.98. The molecule has 1 nitrogen and oxygen atoms in total. The maximum atomic E-state index is 6.23. The second kappa shape index (κ2) is 4.84. The van der Waals surface area contributed by atoms with Gasteiger partial charge in [0.1, 0.15) is 0 Å². The first-order chi connectivity index (χ1) is 7.66. The normalized spacial score (nSPS) is 21.1. The Morgan fingerprint density at radius 2 is 2.00 bits per heavy atom. The van der Waals surface area contributed by atoms with Crippen molar-refractivity contribution in [3.63, 3.8) is 0 Å². The van der Waals surface area contributed by atoms with Crippen LogP contribution in [0.15, 0.2) is 35.9 Å². The summed E-state index contributed by atoms with van der Waals surface area (Å²) in [4.78, 5) is 0. The molecule has 1 aliphatic rings. The number of aryl methyl sites for hydroxylation is 1.